The Morgan fingerprint density at radius 2 is 1.45 bits per heavy atom. The second-order valence-corrected chi connectivity index (χ2v) is 6.93. The number of allylic oxidation sites excluding steroid dienone is 2. The van der Waals surface area contributed by atoms with E-state index in [1.54, 1.807) is 0 Å². The van der Waals surface area contributed by atoms with Crippen LogP contribution in [0.15, 0.2) is 95.2 Å². The summed E-state index contributed by atoms with van der Waals surface area (Å²) in [6, 6.07) is 24.4. The molecule has 6 rings (SSSR count). The second-order valence-electron chi connectivity index (χ2n) is 6.93. The van der Waals surface area contributed by atoms with Gasteiger partial charge < -0.3 is 14.5 Å². The SMILES string of the molecule is C(=Cc1nc2c3ccccc3c3ccccc3c2o1)C=C1Nc2ccccc2O1. The van der Waals surface area contributed by atoms with Crippen molar-refractivity contribution in [2.75, 3.05) is 5.32 Å². The second kappa shape index (κ2) is 6.24. The molecule has 0 atom stereocenters. The molecular formula is C25H16N2O2. The van der Waals surface area contributed by atoms with Crippen molar-refractivity contribution < 1.29 is 9.15 Å². The summed E-state index contributed by atoms with van der Waals surface area (Å²) in [7, 11) is 0. The Morgan fingerprint density at radius 1 is 0.759 bits per heavy atom. The van der Waals surface area contributed by atoms with E-state index >= 15 is 0 Å². The number of para-hydroxylation sites is 2. The predicted molar refractivity (Wildman–Crippen MR) is 117 cm³/mol. The minimum Gasteiger partial charge on any atom is -0.439 e. The minimum absolute atomic E-state index is 0.564. The van der Waals surface area contributed by atoms with Crippen LogP contribution in [0.4, 0.5) is 5.69 Å². The summed E-state index contributed by atoms with van der Waals surface area (Å²) in [5.74, 6) is 2.07. The van der Waals surface area contributed by atoms with Crippen LogP contribution in [-0.2, 0) is 0 Å². The van der Waals surface area contributed by atoms with Crippen molar-refractivity contribution in [3.05, 3.63) is 96.7 Å². The Labute approximate surface area is 166 Å². The van der Waals surface area contributed by atoms with Gasteiger partial charge in [0.2, 0.25) is 5.89 Å². The summed E-state index contributed by atoms with van der Waals surface area (Å²) in [6.07, 6.45) is 5.60. The van der Waals surface area contributed by atoms with Gasteiger partial charge in [-0.3, -0.25) is 0 Å². The highest BCUT2D eigenvalue weighted by atomic mass is 16.5. The van der Waals surface area contributed by atoms with Gasteiger partial charge in [-0.1, -0.05) is 66.7 Å². The number of rotatable bonds is 2. The van der Waals surface area contributed by atoms with Gasteiger partial charge in [-0.25, -0.2) is 4.98 Å². The first kappa shape index (κ1) is 16.0. The normalized spacial score (nSPS) is 14.7. The topological polar surface area (TPSA) is 47.3 Å². The zero-order valence-electron chi connectivity index (χ0n) is 15.4. The van der Waals surface area contributed by atoms with Crippen molar-refractivity contribution in [1.82, 2.24) is 4.98 Å². The zero-order valence-corrected chi connectivity index (χ0v) is 15.4. The van der Waals surface area contributed by atoms with E-state index in [0.29, 0.717) is 11.8 Å². The zero-order chi connectivity index (χ0) is 19.2. The van der Waals surface area contributed by atoms with E-state index in [0.717, 1.165) is 33.3 Å². The third-order valence-electron chi connectivity index (χ3n) is 5.14. The largest absolute Gasteiger partial charge is 0.439 e. The van der Waals surface area contributed by atoms with Gasteiger partial charge >= 0.3 is 0 Å². The molecule has 29 heavy (non-hydrogen) atoms. The molecule has 0 saturated heterocycles. The maximum absolute atomic E-state index is 6.13. The maximum Gasteiger partial charge on any atom is 0.220 e. The molecule has 1 N–H and O–H groups in total. The van der Waals surface area contributed by atoms with Gasteiger partial charge in [0.1, 0.15) is 5.52 Å². The van der Waals surface area contributed by atoms with E-state index in [4.69, 9.17) is 14.1 Å². The van der Waals surface area contributed by atoms with E-state index in [9.17, 15) is 0 Å². The minimum atomic E-state index is 0.564. The lowest BCUT2D eigenvalue weighted by atomic mass is 10.0. The van der Waals surface area contributed by atoms with E-state index in [1.807, 2.05) is 54.6 Å². The highest BCUT2D eigenvalue weighted by molar-refractivity contribution is 6.22. The number of nitrogens with one attached hydrogen (secondary N) is 1. The Kier molecular flexibility index (Phi) is 3.43. The van der Waals surface area contributed by atoms with Crippen LogP contribution < -0.4 is 10.1 Å². The van der Waals surface area contributed by atoms with Gasteiger partial charge in [0.05, 0.1) is 5.69 Å². The number of fused-ring (bicyclic) bond motifs is 7. The Hall–Kier alpha value is -4.05. The summed E-state index contributed by atoms with van der Waals surface area (Å²) in [5.41, 5.74) is 2.66. The van der Waals surface area contributed by atoms with Gasteiger partial charge in [0, 0.05) is 16.8 Å². The molecule has 4 heteroatoms. The van der Waals surface area contributed by atoms with Crippen LogP contribution in [0.3, 0.4) is 0 Å². The molecule has 5 aromatic rings. The molecule has 1 aliphatic rings. The number of aromatic nitrogens is 1. The van der Waals surface area contributed by atoms with Gasteiger partial charge in [0.15, 0.2) is 17.2 Å². The first-order valence-corrected chi connectivity index (χ1v) is 9.49. The summed E-state index contributed by atoms with van der Waals surface area (Å²) >= 11 is 0. The molecule has 0 aliphatic carbocycles. The van der Waals surface area contributed by atoms with Crippen molar-refractivity contribution in [3.63, 3.8) is 0 Å². The summed E-state index contributed by atoms with van der Waals surface area (Å²) in [6.45, 7) is 0. The molecule has 4 aromatic carbocycles. The van der Waals surface area contributed by atoms with E-state index < -0.39 is 0 Å². The number of anilines is 1. The number of oxazole rings is 1. The van der Waals surface area contributed by atoms with Gasteiger partial charge in [-0.2, -0.15) is 0 Å². The molecule has 1 aromatic heterocycles. The summed E-state index contributed by atoms with van der Waals surface area (Å²) in [4.78, 5) is 4.75. The average molecular weight is 376 g/mol. The third-order valence-corrected chi connectivity index (χ3v) is 5.14. The molecule has 0 saturated carbocycles. The van der Waals surface area contributed by atoms with Crippen LogP contribution >= 0.6 is 0 Å². The van der Waals surface area contributed by atoms with Gasteiger partial charge in [0.25, 0.3) is 0 Å². The van der Waals surface area contributed by atoms with E-state index in [2.05, 4.69) is 41.7 Å². The fraction of sp³-hybridized carbons (Fsp3) is 0. The molecule has 0 unspecified atom stereocenters. The predicted octanol–water partition coefficient (Wildman–Crippen LogP) is 6.49. The lowest BCUT2D eigenvalue weighted by molar-refractivity contribution is 0.457. The number of hydrogen-bond donors (Lipinski definition) is 1. The molecule has 2 heterocycles. The van der Waals surface area contributed by atoms with Crippen molar-refractivity contribution in [2.24, 2.45) is 0 Å². The number of benzene rings is 4. The third kappa shape index (κ3) is 2.57. The smallest absolute Gasteiger partial charge is 0.220 e. The monoisotopic (exact) mass is 376 g/mol. The quantitative estimate of drug-likeness (QED) is 0.358. The Morgan fingerprint density at radius 3 is 2.28 bits per heavy atom. The number of hydrogen-bond acceptors (Lipinski definition) is 4. The lowest BCUT2D eigenvalue weighted by Gasteiger charge is -2.04. The summed E-state index contributed by atoms with van der Waals surface area (Å²) < 4.78 is 11.9. The molecule has 4 nitrogen and oxygen atoms in total. The Bertz CT molecular complexity index is 1360. The molecule has 0 radical (unpaired) electrons. The average Bonchev–Trinajstić information content (AvgIpc) is 3.38. The fourth-order valence-electron chi connectivity index (χ4n) is 3.84. The molecule has 0 spiro atoms. The summed E-state index contributed by atoms with van der Waals surface area (Å²) in [5, 5.41) is 7.76. The first-order valence-electron chi connectivity index (χ1n) is 9.49. The molecule has 138 valence electrons. The fourth-order valence-corrected chi connectivity index (χ4v) is 3.84. The van der Waals surface area contributed by atoms with Crippen molar-refractivity contribution >= 4 is 44.4 Å². The maximum atomic E-state index is 6.13. The highest BCUT2D eigenvalue weighted by Crippen LogP contribution is 2.35. The van der Waals surface area contributed by atoms with Crippen LogP contribution in [0.5, 0.6) is 5.75 Å². The number of ether oxygens (including phenoxy) is 1. The van der Waals surface area contributed by atoms with Crippen LogP contribution in [0.1, 0.15) is 5.89 Å². The van der Waals surface area contributed by atoms with Gasteiger partial charge in [-0.15, -0.1) is 0 Å². The van der Waals surface area contributed by atoms with Crippen molar-refractivity contribution in [3.8, 4) is 5.75 Å². The van der Waals surface area contributed by atoms with Crippen LogP contribution in [0, 0.1) is 0 Å². The van der Waals surface area contributed by atoms with Crippen LogP contribution in [0.2, 0.25) is 0 Å². The van der Waals surface area contributed by atoms with E-state index in [1.165, 1.54) is 10.8 Å². The van der Waals surface area contributed by atoms with Crippen LogP contribution in [0.25, 0.3) is 38.7 Å². The van der Waals surface area contributed by atoms with E-state index in [-0.39, 0.29) is 0 Å². The van der Waals surface area contributed by atoms with Gasteiger partial charge in [-0.05, 0) is 29.0 Å². The molecule has 0 bridgehead atoms. The molecule has 1 aliphatic heterocycles. The first-order chi connectivity index (χ1) is 14.4. The van der Waals surface area contributed by atoms with Crippen LogP contribution in [-0.4, -0.2) is 4.98 Å². The Balaban J connectivity index is 1.42. The molecule has 0 fully saturated rings. The number of nitrogens with zero attached hydrogens (tertiary/aromatic N) is 1. The van der Waals surface area contributed by atoms with Crippen molar-refractivity contribution in [1.29, 1.82) is 0 Å². The molecule has 0 amide bonds. The molecular weight excluding hydrogens is 360 g/mol. The highest BCUT2D eigenvalue weighted by Gasteiger charge is 2.15. The standard InChI is InChI=1S/C25H16N2O2/c1-3-10-18-16(8-1)17-9-2-4-11-19(17)25-24(18)27-23(29-25)15-7-14-22-26-20-12-5-6-13-21(20)28-22/h1-15,26H. The van der Waals surface area contributed by atoms with Crippen molar-refractivity contribution in [2.45, 2.75) is 0 Å². The lowest BCUT2D eigenvalue weighted by Crippen LogP contribution is -1.95.